The molecule has 4 nitrogen and oxygen atoms in total. The van der Waals surface area contributed by atoms with Gasteiger partial charge in [0.2, 0.25) is 0 Å². The molecule has 0 aromatic carbocycles. The fraction of sp³-hybridized carbons (Fsp3) is 0.300. The molecule has 80 valence electrons. The van der Waals surface area contributed by atoms with Gasteiger partial charge in [0.1, 0.15) is 11.5 Å². The van der Waals surface area contributed by atoms with E-state index in [-0.39, 0.29) is 5.82 Å². The molecule has 1 N–H and O–H groups in total. The van der Waals surface area contributed by atoms with Crippen LogP contribution in [0, 0.1) is 5.82 Å². The maximum atomic E-state index is 12.9. The fourth-order valence-electron chi connectivity index (χ4n) is 1.63. The first-order valence-corrected chi connectivity index (χ1v) is 4.58. The highest BCUT2D eigenvalue weighted by Gasteiger charge is 2.08. The summed E-state index contributed by atoms with van der Waals surface area (Å²) in [5, 5.41) is 11.0. The van der Waals surface area contributed by atoms with E-state index in [9.17, 15) is 4.39 Å². The van der Waals surface area contributed by atoms with Gasteiger partial charge in [-0.15, -0.1) is 0 Å². The van der Waals surface area contributed by atoms with Crippen LogP contribution < -0.4 is 0 Å². The van der Waals surface area contributed by atoms with E-state index in [0.29, 0.717) is 12.2 Å². The van der Waals surface area contributed by atoms with Gasteiger partial charge in [0.05, 0.1) is 12.7 Å². The lowest BCUT2D eigenvalue weighted by molar-refractivity contribution is -0.0745. The zero-order valence-corrected chi connectivity index (χ0v) is 8.61. The molecular formula is C10H12FN3O. The molecule has 0 amide bonds. The molecule has 0 saturated heterocycles. The van der Waals surface area contributed by atoms with Crippen molar-refractivity contribution in [2.24, 2.45) is 7.05 Å². The minimum Gasteiger partial charge on any atom is -0.331 e. The highest BCUT2D eigenvalue weighted by molar-refractivity contribution is 5.77. The molecule has 0 aliphatic carbocycles. The van der Waals surface area contributed by atoms with Gasteiger partial charge in [-0.3, -0.25) is 0 Å². The Hall–Kier alpha value is -1.46. The van der Waals surface area contributed by atoms with E-state index in [4.69, 9.17) is 5.21 Å². The summed E-state index contributed by atoms with van der Waals surface area (Å²) in [4.78, 5) is 4.00. The third-order valence-corrected chi connectivity index (χ3v) is 2.32. The zero-order chi connectivity index (χ0) is 11.0. The van der Waals surface area contributed by atoms with Crippen molar-refractivity contribution < 1.29 is 9.60 Å². The summed E-state index contributed by atoms with van der Waals surface area (Å²) in [6.07, 6.45) is 1.19. The minimum atomic E-state index is -0.350. The molecule has 0 radical (unpaired) electrons. The van der Waals surface area contributed by atoms with Gasteiger partial charge in [0, 0.05) is 25.2 Å². The fourth-order valence-corrected chi connectivity index (χ4v) is 1.63. The Kier molecular flexibility index (Phi) is 2.42. The van der Waals surface area contributed by atoms with E-state index >= 15 is 0 Å². The normalized spacial score (nSPS) is 11.5. The molecule has 5 heteroatoms. The number of hydrogen-bond donors (Lipinski definition) is 1. The Balaban J connectivity index is 2.54. The topological polar surface area (TPSA) is 41.3 Å². The second kappa shape index (κ2) is 3.60. The van der Waals surface area contributed by atoms with E-state index in [1.54, 1.807) is 7.05 Å². The maximum Gasteiger partial charge on any atom is 0.142 e. The highest BCUT2D eigenvalue weighted by Crippen LogP contribution is 2.18. The van der Waals surface area contributed by atoms with E-state index in [1.165, 1.54) is 12.3 Å². The number of rotatable bonds is 2. The highest BCUT2D eigenvalue weighted by atomic mass is 19.1. The summed E-state index contributed by atoms with van der Waals surface area (Å²) in [7, 11) is 3.40. The largest absolute Gasteiger partial charge is 0.331 e. The summed E-state index contributed by atoms with van der Waals surface area (Å²) in [5.41, 5.74) is 1.60. The van der Waals surface area contributed by atoms with Gasteiger partial charge in [-0.1, -0.05) is 0 Å². The van der Waals surface area contributed by atoms with E-state index in [0.717, 1.165) is 16.1 Å². The average Bonchev–Trinajstić information content (AvgIpc) is 2.42. The summed E-state index contributed by atoms with van der Waals surface area (Å²) in [5.74, 6) is -0.350. The molecule has 2 heterocycles. The van der Waals surface area contributed by atoms with Crippen molar-refractivity contribution in [2.45, 2.75) is 6.54 Å². The quantitative estimate of drug-likeness (QED) is 0.763. The molecule has 0 bridgehead atoms. The van der Waals surface area contributed by atoms with E-state index in [1.807, 2.05) is 17.7 Å². The molecule has 2 rings (SSSR count). The van der Waals surface area contributed by atoms with Gasteiger partial charge in [-0.2, -0.15) is 5.06 Å². The Bertz CT molecular complexity index is 493. The van der Waals surface area contributed by atoms with Crippen LogP contribution in [-0.4, -0.2) is 26.9 Å². The van der Waals surface area contributed by atoms with Crippen molar-refractivity contribution in [3.05, 3.63) is 29.8 Å². The smallest absolute Gasteiger partial charge is 0.142 e. The second-order valence-corrected chi connectivity index (χ2v) is 3.58. The van der Waals surface area contributed by atoms with Gasteiger partial charge < -0.3 is 9.77 Å². The van der Waals surface area contributed by atoms with Gasteiger partial charge in [-0.25, -0.2) is 9.37 Å². The lowest BCUT2D eigenvalue weighted by atomic mass is 10.3. The Morgan fingerprint density at radius 3 is 2.93 bits per heavy atom. The first-order chi connectivity index (χ1) is 7.08. The van der Waals surface area contributed by atoms with Crippen LogP contribution in [0.25, 0.3) is 11.0 Å². The van der Waals surface area contributed by atoms with Crippen molar-refractivity contribution in [3.63, 3.8) is 0 Å². The van der Waals surface area contributed by atoms with Gasteiger partial charge in [0.25, 0.3) is 0 Å². The van der Waals surface area contributed by atoms with Crippen LogP contribution in [0.4, 0.5) is 4.39 Å². The Morgan fingerprint density at radius 2 is 2.27 bits per heavy atom. The molecule has 15 heavy (non-hydrogen) atoms. The number of aryl methyl sites for hydroxylation is 1. The van der Waals surface area contributed by atoms with Crippen molar-refractivity contribution in [3.8, 4) is 0 Å². The molecule has 2 aromatic rings. The van der Waals surface area contributed by atoms with Crippen LogP contribution in [0.1, 0.15) is 5.69 Å². The third kappa shape index (κ3) is 1.84. The predicted octanol–water partition coefficient (Wildman–Crippen LogP) is 1.53. The van der Waals surface area contributed by atoms with Crippen LogP contribution in [0.5, 0.6) is 0 Å². The maximum absolute atomic E-state index is 12.9. The van der Waals surface area contributed by atoms with Gasteiger partial charge >= 0.3 is 0 Å². The van der Waals surface area contributed by atoms with Crippen LogP contribution in [0.15, 0.2) is 18.3 Å². The third-order valence-electron chi connectivity index (χ3n) is 2.32. The average molecular weight is 209 g/mol. The molecule has 0 aliphatic heterocycles. The monoisotopic (exact) mass is 209 g/mol. The predicted molar refractivity (Wildman–Crippen MR) is 53.9 cm³/mol. The van der Waals surface area contributed by atoms with E-state index in [2.05, 4.69) is 4.98 Å². The molecule has 0 saturated carbocycles. The number of halogens is 1. The SMILES string of the molecule is CN(O)Cc1cc2cc(F)cnc2n1C. The number of aromatic nitrogens is 2. The molecule has 0 fully saturated rings. The van der Waals surface area contributed by atoms with Gasteiger partial charge in [0.15, 0.2) is 0 Å². The molecule has 2 aromatic heterocycles. The summed E-state index contributed by atoms with van der Waals surface area (Å²) in [6.45, 7) is 0.383. The number of hydroxylamine groups is 2. The number of pyridine rings is 1. The summed E-state index contributed by atoms with van der Waals surface area (Å²) in [6, 6.07) is 3.25. The van der Waals surface area contributed by atoms with Gasteiger partial charge in [-0.05, 0) is 12.1 Å². The number of hydrogen-bond acceptors (Lipinski definition) is 3. The Labute approximate surface area is 86.5 Å². The Morgan fingerprint density at radius 1 is 1.53 bits per heavy atom. The van der Waals surface area contributed by atoms with E-state index < -0.39 is 0 Å². The molecule has 0 unspecified atom stereocenters. The zero-order valence-electron chi connectivity index (χ0n) is 8.61. The second-order valence-electron chi connectivity index (χ2n) is 3.58. The summed E-state index contributed by atoms with van der Waals surface area (Å²) < 4.78 is 14.7. The van der Waals surface area contributed by atoms with Crippen molar-refractivity contribution in [2.75, 3.05) is 7.05 Å². The van der Waals surface area contributed by atoms with Crippen molar-refractivity contribution in [1.82, 2.24) is 14.6 Å². The number of nitrogens with zero attached hydrogens (tertiary/aromatic N) is 3. The minimum absolute atomic E-state index is 0.350. The molecular weight excluding hydrogens is 197 g/mol. The van der Waals surface area contributed by atoms with Crippen molar-refractivity contribution >= 4 is 11.0 Å². The van der Waals surface area contributed by atoms with Crippen LogP contribution in [0.3, 0.4) is 0 Å². The van der Waals surface area contributed by atoms with Crippen LogP contribution >= 0.6 is 0 Å². The van der Waals surface area contributed by atoms with Crippen molar-refractivity contribution in [1.29, 1.82) is 0 Å². The standard InChI is InChI=1S/C10H12FN3O/c1-13(15)6-9-4-7-3-8(11)5-12-10(7)14(9)2/h3-5,15H,6H2,1-2H3. The first kappa shape index (κ1) is 10.1. The molecule has 0 atom stereocenters. The molecule has 0 spiro atoms. The number of fused-ring (bicyclic) bond motifs is 1. The molecule has 0 aliphatic rings. The first-order valence-electron chi connectivity index (χ1n) is 4.58. The van der Waals surface area contributed by atoms with Crippen LogP contribution in [0.2, 0.25) is 0 Å². The summed E-state index contributed by atoms with van der Waals surface area (Å²) >= 11 is 0. The lowest BCUT2D eigenvalue weighted by Crippen LogP contribution is -2.14. The lowest BCUT2D eigenvalue weighted by Gasteiger charge is -2.08. The van der Waals surface area contributed by atoms with Crippen LogP contribution in [-0.2, 0) is 13.6 Å².